The smallest absolute Gasteiger partial charge is 0.230 e. The zero-order valence-corrected chi connectivity index (χ0v) is 9.61. The van der Waals surface area contributed by atoms with Gasteiger partial charge in [-0.15, -0.1) is 0 Å². The quantitative estimate of drug-likeness (QED) is 0.850. The average Bonchev–Trinajstić information content (AvgIpc) is 2.10. The summed E-state index contributed by atoms with van der Waals surface area (Å²) >= 11 is 0. The first-order chi connectivity index (χ1) is 7.22. The number of nitrogens with two attached hydrogens (primary N) is 1. The van der Waals surface area contributed by atoms with E-state index in [1.54, 1.807) is 4.72 Å². The van der Waals surface area contributed by atoms with Gasteiger partial charge in [-0.25, -0.2) is 17.2 Å². The van der Waals surface area contributed by atoms with Gasteiger partial charge in [0, 0.05) is 11.6 Å². The highest BCUT2D eigenvalue weighted by atomic mass is 32.2. The molecular weight excluding hydrogens is 238 g/mol. The Morgan fingerprint density at radius 2 is 1.94 bits per heavy atom. The molecule has 16 heavy (non-hydrogen) atoms. The molecule has 0 heterocycles. The van der Waals surface area contributed by atoms with Gasteiger partial charge in [0.25, 0.3) is 0 Å². The largest absolute Gasteiger partial charge is 0.324 e. The summed E-state index contributed by atoms with van der Waals surface area (Å²) in [6.07, 6.45) is 0.810. The van der Waals surface area contributed by atoms with E-state index >= 15 is 0 Å². The Kier molecular flexibility index (Phi) is 3.49. The van der Waals surface area contributed by atoms with Crippen molar-refractivity contribution in [3.63, 3.8) is 0 Å². The van der Waals surface area contributed by atoms with Crippen LogP contribution in [0.3, 0.4) is 0 Å². The molecule has 1 aromatic rings. The molecule has 0 radical (unpaired) electrons. The van der Waals surface area contributed by atoms with Crippen LogP contribution in [0.4, 0.5) is 14.5 Å². The van der Waals surface area contributed by atoms with Crippen molar-refractivity contribution in [1.82, 2.24) is 0 Å². The molecule has 0 saturated heterocycles. The second-order valence-electron chi connectivity index (χ2n) is 3.49. The van der Waals surface area contributed by atoms with Gasteiger partial charge in [0.15, 0.2) is 5.82 Å². The zero-order chi connectivity index (χ0) is 12.5. The lowest BCUT2D eigenvalue weighted by atomic mass is 10.1. The third-order valence-electron chi connectivity index (χ3n) is 1.90. The minimum absolute atomic E-state index is 0.0487. The van der Waals surface area contributed by atoms with Crippen LogP contribution in [0.15, 0.2) is 12.1 Å². The molecule has 90 valence electrons. The van der Waals surface area contributed by atoms with Crippen LogP contribution >= 0.6 is 0 Å². The van der Waals surface area contributed by atoms with E-state index in [-0.39, 0.29) is 5.56 Å². The third kappa shape index (κ3) is 2.89. The number of halogens is 2. The van der Waals surface area contributed by atoms with Gasteiger partial charge in [-0.05, 0) is 13.0 Å². The van der Waals surface area contributed by atoms with E-state index in [9.17, 15) is 17.2 Å². The van der Waals surface area contributed by atoms with Gasteiger partial charge in [-0.1, -0.05) is 6.07 Å². The van der Waals surface area contributed by atoms with Gasteiger partial charge in [0.05, 0.1) is 6.26 Å². The molecule has 3 N–H and O–H groups in total. The maximum atomic E-state index is 13.7. The minimum atomic E-state index is -3.74. The fraction of sp³-hybridized carbons (Fsp3) is 0.333. The topological polar surface area (TPSA) is 72.2 Å². The van der Waals surface area contributed by atoms with Gasteiger partial charge in [0.2, 0.25) is 10.0 Å². The van der Waals surface area contributed by atoms with E-state index < -0.39 is 33.4 Å². The van der Waals surface area contributed by atoms with Gasteiger partial charge in [0.1, 0.15) is 11.5 Å². The predicted molar refractivity (Wildman–Crippen MR) is 57.4 cm³/mol. The van der Waals surface area contributed by atoms with Crippen molar-refractivity contribution >= 4 is 15.7 Å². The summed E-state index contributed by atoms with van der Waals surface area (Å²) in [5.74, 6) is -1.97. The fourth-order valence-corrected chi connectivity index (χ4v) is 1.76. The number of rotatable bonds is 3. The van der Waals surface area contributed by atoms with Crippen LogP contribution in [0.25, 0.3) is 0 Å². The van der Waals surface area contributed by atoms with Crippen LogP contribution in [0.2, 0.25) is 0 Å². The predicted octanol–water partition coefficient (Wildman–Crippen LogP) is 1.36. The Morgan fingerprint density at radius 3 is 2.38 bits per heavy atom. The molecule has 0 aliphatic rings. The van der Waals surface area contributed by atoms with Crippen molar-refractivity contribution in [3.8, 4) is 0 Å². The Bertz CT molecular complexity index is 500. The normalized spacial score (nSPS) is 13.6. The molecule has 0 amide bonds. The highest BCUT2D eigenvalue weighted by Gasteiger charge is 2.18. The number of hydrogen-bond acceptors (Lipinski definition) is 3. The summed E-state index contributed by atoms with van der Waals surface area (Å²) in [5, 5.41) is 0. The summed E-state index contributed by atoms with van der Waals surface area (Å²) in [6, 6.07) is 1.50. The maximum absolute atomic E-state index is 13.7. The molecule has 0 aliphatic heterocycles. The van der Waals surface area contributed by atoms with Gasteiger partial charge >= 0.3 is 0 Å². The van der Waals surface area contributed by atoms with Gasteiger partial charge in [-0.2, -0.15) is 0 Å². The second kappa shape index (κ2) is 4.34. The second-order valence-corrected chi connectivity index (χ2v) is 5.24. The van der Waals surface area contributed by atoms with Gasteiger partial charge < -0.3 is 5.73 Å². The summed E-state index contributed by atoms with van der Waals surface area (Å²) in [5.41, 5.74) is 4.81. The van der Waals surface area contributed by atoms with Crippen molar-refractivity contribution in [3.05, 3.63) is 29.3 Å². The van der Waals surface area contributed by atoms with Crippen molar-refractivity contribution in [2.75, 3.05) is 11.0 Å². The van der Waals surface area contributed by atoms with E-state index in [4.69, 9.17) is 5.73 Å². The summed E-state index contributed by atoms with van der Waals surface area (Å²) < 4.78 is 50.5. The lowest BCUT2D eigenvalue weighted by Gasteiger charge is -2.12. The molecule has 0 fully saturated rings. The molecule has 1 rings (SSSR count). The van der Waals surface area contributed by atoms with Crippen LogP contribution in [0, 0.1) is 11.6 Å². The highest BCUT2D eigenvalue weighted by molar-refractivity contribution is 7.92. The third-order valence-corrected chi connectivity index (χ3v) is 2.47. The lowest BCUT2D eigenvalue weighted by Crippen LogP contribution is -2.15. The molecule has 1 aromatic carbocycles. The molecule has 4 nitrogen and oxygen atoms in total. The minimum Gasteiger partial charge on any atom is -0.324 e. The molecule has 0 aliphatic carbocycles. The van der Waals surface area contributed by atoms with Crippen molar-refractivity contribution in [2.24, 2.45) is 5.73 Å². The summed E-state index contributed by atoms with van der Waals surface area (Å²) in [4.78, 5) is 0. The van der Waals surface area contributed by atoms with E-state index in [1.807, 2.05) is 0 Å². The van der Waals surface area contributed by atoms with Crippen LogP contribution in [0.5, 0.6) is 0 Å². The van der Waals surface area contributed by atoms with E-state index in [0.29, 0.717) is 0 Å². The number of sulfonamides is 1. The average molecular weight is 250 g/mol. The van der Waals surface area contributed by atoms with Crippen molar-refractivity contribution < 1.29 is 17.2 Å². The van der Waals surface area contributed by atoms with Crippen LogP contribution in [-0.2, 0) is 10.0 Å². The number of nitrogens with one attached hydrogen (secondary N) is 1. The first kappa shape index (κ1) is 12.9. The maximum Gasteiger partial charge on any atom is 0.230 e. The van der Waals surface area contributed by atoms with Crippen LogP contribution in [0.1, 0.15) is 18.5 Å². The zero-order valence-electron chi connectivity index (χ0n) is 8.79. The Labute approximate surface area is 92.5 Å². The number of benzene rings is 1. The lowest BCUT2D eigenvalue weighted by molar-refractivity contribution is 0.566. The SMILES string of the molecule is C[C@@H](N)c1ccc(F)c(NS(C)(=O)=O)c1F. The molecule has 0 spiro atoms. The van der Waals surface area contributed by atoms with Crippen molar-refractivity contribution in [2.45, 2.75) is 13.0 Å². The summed E-state index contributed by atoms with van der Waals surface area (Å²) in [7, 11) is -3.74. The van der Waals surface area contributed by atoms with E-state index in [1.165, 1.54) is 13.0 Å². The Balaban J connectivity index is 3.32. The monoisotopic (exact) mass is 250 g/mol. The van der Waals surface area contributed by atoms with Gasteiger partial charge in [-0.3, -0.25) is 4.72 Å². The van der Waals surface area contributed by atoms with Crippen LogP contribution < -0.4 is 10.5 Å². The molecule has 0 aromatic heterocycles. The molecule has 0 unspecified atom stereocenters. The highest BCUT2D eigenvalue weighted by Crippen LogP contribution is 2.25. The first-order valence-corrected chi connectivity index (χ1v) is 6.33. The first-order valence-electron chi connectivity index (χ1n) is 4.43. The molecule has 0 bridgehead atoms. The Morgan fingerprint density at radius 1 is 1.38 bits per heavy atom. The molecule has 7 heteroatoms. The fourth-order valence-electron chi connectivity index (χ4n) is 1.20. The number of hydrogen-bond donors (Lipinski definition) is 2. The van der Waals surface area contributed by atoms with Crippen LogP contribution in [-0.4, -0.2) is 14.7 Å². The standard InChI is InChI=1S/C9H12F2N2O2S/c1-5(12)6-3-4-7(10)9(8(6)11)13-16(2,14)15/h3-5,13H,12H2,1-2H3/t5-/m1/s1. The summed E-state index contributed by atoms with van der Waals surface area (Å²) in [6.45, 7) is 1.51. The number of anilines is 1. The van der Waals surface area contributed by atoms with E-state index in [0.717, 1.165) is 12.3 Å². The molecule has 1 atom stereocenters. The van der Waals surface area contributed by atoms with E-state index in [2.05, 4.69) is 0 Å². The molecular formula is C9H12F2N2O2S. The Hall–Kier alpha value is -1.21. The van der Waals surface area contributed by atoms with Crippen molar-refractivity contribution in [1.29, 1.82) is 0 Å². The molecule has 0 saturated carbocycles.